The largest absolute Gasteiger partial charge is 0.366 e. The summed E-state index contributed by atoms with van der Waals surface area (Å²) in [5.74, 6) is 0.0619. The molecule has 5 nitrogen and oxygen atoms in total. The first kappa shape index (κ1) is 16.7. The van der Waals surface area contributed by atoms with Gasteiger partial charge in [-0.25, -0.2) is 4.98 Å². The molecule has 3 N–H and O–H groups in total. The van der Waals surface area contributed by atoms with Crippen LogP contribution in [0.5, 0.6) is 0 Å². The highest BCUT2D eigenvalue weighted by atomic mass is 16.1. The Labute approximate surface area is 155 Å². The molecule has 3 aromatic carbocycles. The number of nitrogens with zero attached hydrogens (tertiary/aromatic N) is 1. The molecule has 5 heteroatoms. The van der Waals surface area contributed by atoms with E-state index in [0.29, 0.717) is 28.7 Å². The van der Waals surface area contributed by atoms with Gasteiger partial charge in [-0.2, -0.15) is 0 Å². The highest BCUT2D eigenvalue weighted by Gasteiger charge is 2.08. The van der Waals surface area contributed by atoms with Gasteiger partial charge in [0, 0.05) is 12.0 Å². The van der Waals surface area contributed by atoms with E-state index in [1.54, 1.807) is 18.2 Å². The second kappa shape index (κ2) is 6.88. The van der Waals surface area contributed by atoms with Crippen LogP contribution in [0.3, 0.4) is 0 Å². The van der Waals surface area contributed by atoms with Crippen molar-refractivity contribution in [3.05, 3.63) is 100 Å². The fourth-order valence-electron chi connectivity index (χ4n) is 3.11. The Morgan fingerprint density at radius 2 is 1.74 bits per heavy atom. The number of fused-ring (bicyclic) bond motifs is 1. The van der Waals surface area contributed by atoms with E-state index in [1.807, 2.05) is 54.6 Å². The van der Waals surface area contributed by atoms with Gasteiger partial charge in [0.1, 0.15) is 5.82 Å². The van der Waals surface area contributed by atoms with Gasteiger partial charge in [0.25, 0.3) is 5.56 Å². The molecule has 0 spiro atoms. The maximum atomic E-state index is 12.6. The molecule has 1 aromatic heterocycles. The Bertz CT molecular complexity index is 1200. The molecule has 4 rings (SSSR count). The predicted octanol–water partition coefficient (Wildman–Crippen LogP) is 3.28. The van der Waals surface area contributed by atoms with Crippen molar-refractivity contribution in [1.29, 1.82) is 0 Å². The number of benzene rings is 3. The molecule has 0 saturated carbocycles. The van der Waals surface area contributed by atoms with Gasteiger partial charge in [-0.05, 0) is 41.0 Å². The summed E-state index contributed by atoms with van der Waals surface area (Å²) in [6, 6.07) is 22.6. The normalized spacial score (nSPS) is 10.8. The van der Waals surface area contributed by atoms with Crippen molar-refractivity contribution in [3.8, 4) is 11.1 Å². The summed E-state index contributed by atoms with van der Waals surface area (Å²) in [4.78, 5) is 31.3. The van der Waals surface area contributed by atoms with E-state index in [-0.39, 0.29) is 5.56 Å². The molecule has 1 heterocycles. The average molecular weight is 355 g/mol. The van der Waals surface area contributed by atoms with E-state index in [2.05, 4.69) is 9.97 Å². The van der Waals surface area contributed by atoms with Crippen LogP contribution >= 0.6 is 0 Å². The molecule has 0 atom stereocenters. The van der Waals surface area contributed by atoms with Crippen LogP contribution in [0.25, 0.3) is 22.0 Å². The number of rotatable bonds is 4. The Kier molecular flexibility index (Phi) is 4.26. The summed E-state index contributed by atoms with van der Waals surface area (Å²) in [5.41, 5.74) is 9.09. The topological polar surface area (TPSA) is 88.8 Å². The number of primary amides is 1. The molecule has 132 valence electrons. The second-order valence-corrected chi connectivity index (χ2v) is 6.35. The molecule has 0 aliphatic carbocycles. The minimum Gasteiger partial charge on any atom is -0.366 e. The zero-order valence-electron chi connectivity index (χ0n) is 14.5. The molecule has 0 unspecified atom stereocenters. The third-order valence-corrected chi connectivity index (χ3v) is 4.44. The Hall–Kier alpha value is -3.73. The third-order valence-electron chi connectivity index (χ3n) is 4.44. The van der Waals surface area contributed by atoms with Gasteiger partial charge in [0.2, 0.25) is 5.91 Å². The molecular weight excluding hydrogens is 338 g/mol. The fourth-order valence-corrected chi connectivity index (χ4v) is 3.11. The summed E-state index contributed by atoms with van der Waals surface area (Å²) in [5, 5.41) is 0.547. The Morgan fingerprint density at radius 3 is 2.52 bits per heavy atom. The lowest BCUT2D eigenvalue weighted by Gasteiger charge is -2.07. The monoisotopic (exact) mass is 355 g/mol. The van der Waals surface area contributed by atoms with Gasteiger partial charge in [0.15, 0.2) is 0 Å². The predicted molar refractivity (Wildman–Crippen MR) is 106 cm³/mol. The molecule has 0 bridgehead atoms. The summed E-state index contributed by atoms with van der Waals surface area (Å²) in [6.45, 7) is 0. The number of nitrogens with two attached hydrogens (primary N) is 1. The number of amides is 1. The van der Waals surface area contributed by atoms with E-state index in [9.17, 15) is 9.59 Å². The first-order chi connectivity index (χ1) is 13.1. The number of hydrogen-bond acceptors (Lipinski definition) is 3. The fraction of sp³-hybridized carbons (Fsp3) is 0.0455. The maximum absolute atomic E-state index is 12.6. The van der Waals surface area contributed by atoms with Crippen LogP contribution in [-0.2, 0) is 6.42 Å². The van der Waals surface area contributed by atoms with E-state index in [4.69, 9.17) is 5.73 Å². The van der Waals surface area contributed by atoms with Crippen molar-refractivity contribution in [3.63, 3.8) is 0 Å². The van der Waals surface area contributed by atoms with Crippen LogP contribution in [0.1, 0.15) is 21.7 Å². The zero-order chi connectivity index (χ0) is 18.8. The molecule has 1 amide bonds. The van der Waals surface area contributed by atoms with Crippen molar-refractivity contribution < 1.29 is 4.79 Å². The van der Waals surface area contributed by atoms with E-state index in [1.165, 1.54) is 0 Å². The number of aromatic amines is 1. The van der Waals surface area contributed by atoms with Crippen molar-refractivity contribution in [2.45, 2.75) is 6.42 Å². The third kappa shape index (κ3) is 3.48. The van der Waals surface area contributed by atoms with Gasteiger partial charge in [-0.3, -0.25) is 9.59 Å². The molecule has 0 aliphatic heterocycles. The molecule has 0 fully saturated rings. The molecule has 0 radical (unpaired) electrons. The van der Waals surface area contributed by atoms with Crippen molar-refractivity contribution in [2.75, 3.05) is 0 Å². The van der Waals surface area contributed by atoms with Gasteiger partial charge in [0.05, 0.1) is 10.9 Å². The number of carbonyl (C=O) groups excluding carboxylic acids is 1. The summed E-state index contributed by atoms with van der Waals surface area (Å²) < 4.78 is 0. The highest BCUT2D eigenvalue weighted by Crippen LogP contribution is 2.22. The molecule has 0 aliphatic rings. The standard InChI is InChI=1S/C22H17N3O2/c23-21(26)17-8-4-5-14(11-17)12-20-24-19-10-9-16(13-18(19)22(27)25-20)15-6-2-1-3-7-15/h1-11,13H,12H2,(H2,23,26)(H,24,25,27). The first-order valence-electron chi connectivity index (χ1n) is 8.57. The summed E-state index contributed by atoms with van der Waals surface area (Å²) in [7, 11) is 0. The van der Waals surface area contributed by atoms with Crippen LogP contribution in [0.15, 0.2) is 77.6 Å². The number of aromatic nitrogens is 2. The van der Waals surface area contributed by atoms with E-state index >= 15 is 0 Å². The van der Waals surface area contributed by atoms with Crippen LogP contribution < -0.4 is 11.3 Å². The number of H-pyrrole nitrogens is 1. The molecular formula is C22H17N3O2. The van der Waals surface area contributed by atoms with E-state index < -0.39 is 5.91 Å². The van der Waals surface area contributed by atoms with Gasteiger partial charge >= 0.3 is 0 Å². The lowest BCUT2D eigenvalue weighted by molar-refractivity contribution is 0.1000. The number of nitrogens with one attached hydrogen (secondary N) is 1. The van der Waals surface area contributed by atoms with E-state index in [0.717, 1.165) is 16.7 Å². The van der Waals surface area contributed by atoms with Gasteiger partial charge in [-0.15, -0.1) is 0 Å². The summed E-state index contributed by atoms with van der Waals surface area (Å²) in [6.07, 6.45) is 0.409. The summed E-state index contributed by atoms with van der Waals surface area (Å²) >= 11 is 0. The van der Waals surface area contributed by atoms with Crippen LogP contribution in [0.2, 0.25) is 0 Å². The van der Waals surface area contributed by atoms with Gasteiger partial charge < -0.3 is 10.7 Å². The highest BCUT2D eigenvalue weighted by molar-refractivity contribution is 5.92. The second-order valence-electron chi connectivity index (χ2n) is 6.35. The molecule has 0 saturated heterocycles. The maximum Gasteiger partial charge on any atom is 0.258 e. The minimum atomic E-state index is -0.481. The quantitative estimate of drug-likeness (QED) is 0.589. The van der Waals surface area contributed by atoms with Crippen molar-refractivity contribution in [1.82, 2.24) is 9.97 Å². The van der Waals surface area contributed by atoms with Crippen LogP contribution in [0.4, 0.5) is 0 Å². The molecule has 27 heavy (non-hydrogen) atoms. The van der Waals surface area contributed by atoms with Crippen LogP contribution in [-0.4, -0.2) is 15.9 Å². The minimum absolute atomic E-state index is 0.182. The number of carbonyl (C=O) groups is 1. The lowest BCUT2D eigenvalue weighted by atomic mass is 10.0. The Morgan fingerprint density at radius 1 is 0.926 bits per heavy atom. The van der Waals surface area contributed by atoms with Crippen molar-refractivity contribution in [2.24, 2.45) is 5.73 Å². The first-order valence-corrected chi connectivity index (χ1v) is 8.57. The molecule has 4 aromatic rings. The zero-order valence-corrected chi connectivity index (χ0v) is 14.5. The SMILES string of the molecule is NC(=O)c1cccc(Cc2nc3ccc(-c4ccccc4)cc3c(=O)[nH]2)c1. The number of hydrogen-bond donors (Lipinski definition) is 2. The van der Waals surface area contributed by atoms with Gasteiger partial charge in [-0.1, -0.05) is 48.5 Å². The van der Waals surface area contributed by atoms with Crippen molar-refractivity contribution >= 4 is 16.8 Å². The Balaban J connectivity index is 1.71. The smallest absolute Gasteiger partial charge is 0.258 e. The average Bonchev–Trinajstić information content (AvgIpc) is 2.69. The van der Waals surface area contributed by atoms with Crippen LogP contribution in [0, 0.1) is 0 Å². The lowest BCUT2D eigenvalue weighted by Crippen LogP contribution is -2.13.